The number of carbonyl (C=O) groups excluding carboxylic acids is 1. The predicted molar refractivity (Wildman–Crippen MR) is 87.9 cm³/mol. The monoisotopic (exact) mass is 347 g/mol. The number of ketones is 1. The number of rotatable bonds is 9. The van der Waals surface area contributed by atoms with E-state index in [1.165, 1.54) is 0 Å². The van der Waals surface area contributed by atoms with Crippen LogP contribution >= 0.6 is 0 Å². The van der Waals surface area contributed by atoms with Crippen molar-refractivity contribution in [3.8, 4) is 11.5 Å². The maximum atomic E-state index is 11.8. The van der Waals surface area contributed by atoms with Crippen LogP contribution in [0.2, 0.25) is 0 Å². The number of aliphatic hydroxyl groups excluding tert-OH is 1. The fraction of sp³-hybridized carbons (Fsp3) is 0.235. The molecule has 8 nitrogen and oxygen atoms in total. The number of phenols is 1. The summed E-state index contributed by atoms with van der Waals surface area (Å²) < 4.78 is 10.3. The summed E-state index contributed by atoms with van der Waals surface area (Å²) in [7, 11) is 0. The molecule has 0 heterocycles. The quantitative estimate of drug-likeness (QED) is 0.404. The van der Waals surface area contributed by atoms with Crippen molar-refractivity contribution in [2.45, 2.75) is 6.10 Å². The number of Topliss-reactive ketones (excluding diaryl/α,β-unsaturated/α-hetero) is 1. The van der Waals surface area contributed by atoms with Crippen LogP contribution in [0.3, 0.4) is 0 Å². The molecule has 132 valence electrons. The molecule has 8 heteroatoms. The lowest BCUT2D eigenvalue weighted by molar-refractivity contribution is -0.385. The summed E-state index contributed by atoms with van der Waals surface area (Å²) in [5.41, 5.74) is 0.266. The van der Waals surface area contributed by atoms with Gasteiger partial charge < -0.3 is 19.7 Å². The number of nitro groups is 1. The van der Waals surface area contributed by atoms with Gasteiger partial charge in [-0.25, -0.2) is 0 Å². The van der Waals surface area contributed by atoms with Crippen LogP contribution < -0.4 is 4.74 Å². The van der Waals surface area contributed by atoms with Crippen molar-refractivity contribution in [1.82, 2.24) is 0 Å². The minimum absolute atomic E-state index is 0.117. The first-order valence-corrected chi connectivity index (χ1v) is 7.41. The zero-order valence-electron chi connectivity index (χ0n) is 13.2. The van der Waals surface area contributed by atoms with Crippen LogP contribution in [0.25, 0.3) is 0 Å². The van der Waals surface area contributed by atoms with Crippen LogP contribution in [0.4, 0.5) is 5.69 Å². The van der Waals surface area contributed by atoms with Gasteiger partial charge in [-0.2, -0.15) is 0 Å². The Morgan fingerprint density at radius 2 is 1.88 bits per heavy atom. The summed E-state index contributed by atoms with van der Waals surface area (Å²) in [4.78, 5) is 21.9. The fourth-order valence-electron chi connectivity index (χ4n) is 1.96. The average molecular weight is 347 g/mol. The molecule has 1 unspecified atom stereocenters. The minimum atomic E-state index is -1.07. The van der Waals surface area contributed by atoms with Crippen LogP contribution in [-0.4, -0.2) is 46.8 Å². The smallest absolute Gasteiger partial charge is 0.273 e. The molecule has 2 rings (SSSR count). The highest BCUT2D eigenvalue weighted by atomic mass is 16.6. The lowest BCUT2D eigenvalue weighted by Gasteiger charge is -2.13. The van der Waals surface area contributed by atoms with E-state index in [2.05, 4.69) is 0 Å². The highest BCUT2D eigenvalue weighted by molar-refractivity contribution is 5.96. The molecule has 2 aromatic carbocycles. The van der Waals surface area contributed by atoms with Crippen molar-refractivity contribution in [3.63, 3.8) is 0 Å². The van der Waals surface area contributed by atoms with E-state index < -0.39 is 11.0 Å². The standard InChI is InChI=1S/C17H17NO7/c19-14(9-24-11-16(21)12-4-2-1-3-5-12)10-25-17-8-13(18(22)23)6-7-15(17)20/h1-8,14,19-20H,9-11H2. The van der Waals surface area contributed by atoms with Crippen molar-refractivity contribution in [2.24, 2.45) is 0 Å². The van der Waals surface area contributed by atoms with E-state index in [1.807, 2.05) is 0 Å². The molecular formula is C17H17NO7. The molecule has 0 saturated heterocycles. The molecule has 0 aliphatic heterocycles. The molecule has 2 N–H and O–H groups in total. The molecule has 2 aromatic rings. The molecule has 0 radical (unpaired) electrons. The Balaban J connectivity index is 1.77. The van der Waals surface area contributed by atoms with Crippen LogP contribution in [0.5, 0.6) is 11.5 Å². The Hall–Kier alpha value is -2.97. The summed E-state index contributed by atoms with van der Waals surface area (Å²) in [6.07, 6.45) is -1.07. The van der Waals surface area contributed by atoms with Gasteiger partial charge in [0.1, 0.15) is 19.3 Å². The topological polar surface area (TPSA) is 119 Å². The van der Waals surface area contributed by atoms with Gasteiger partial charge in [0.05, 0.1) is 17.6 Å². The number of nitrogens with zero attached hydrogens (tertiary/aromatic N) is 1. The van der Waals surface area contributed by atoms with E-state index in [4.69, 9.17) is 9.47 Å². The Morgan fingerprint density at radius 3 is 2.56 bits per heavy atom. The fourth-order valence-corrected chi connectivity index (χ4v) is 1.96. The van der Waals surface area contributed by atoms with E-state index in [-0.39, 0.29) is 42.8 Å². The third-order valence-corrected chi connectivity index (χ3v) is 3.22. The summed E-state index contributed by atoms with van der Waals surface area (Å²) in [6, 6.07) is 11.9. The first-order chi connectivity index (χ1) is 12.0. The summed E-state index contributed by atoms with van der Waals surface area (Å²) >= 11 is 0. The van der Waals surface area contributed by atoms with E-state index >= 15 is 0 Å². The molecule has 0 bridgehead atoms. The van der Waals surface area contributed by atoms with Crippen LogP contribution in [0.15, 0.2) is 48.5 Å². The predicted octanol–water partition coefficient (Wildman–Crippen LogP) is 1.94. The Kier molecular flexibility index (Phi) is 6.44. The van der Waals surface area contributed by atoms with Gasteiger partial charge in [-0.3, -0.25) is 14.9 Å². The Morgan fingerprint density at radius 1 is 1.16 bits per heavy atom. The third-order valence-electron chi connectivity index (χ3n) is 3.22. The van der Waals surface area contributed by atoms with Gasteiger partial charge in [-0.05, 0) is 6.07 Å². The first-order valence-electron chi connectivity index (χ1n) is 7.41. The number of aliphatic hydroxyl groups is 1. The van der Waals surface area contributed by atoms with Gasteiger partial charge >= 0.3 is 0 Å². The van der Waals surface area contributed by atoms with Crippen molar-refractivity contribution in [2.75, 3.05) is 19.8 Å². The van der Waals surface area contributed by atoms with Gasteiger partial charge in [-0.15, -0.1) is 0 Å². The number of carbonyl (C=O) groups is 1. The van der Waals surface area contributed by atoms with E-state index in [0.29, 0.717) is 5.56 Å². The maximum Gasteiger partial charge on any atom is 0.273 e. The molecule has 0 amide bonds. The second-order valence-electron chi connectivity index (χ2n) is 5.18. The second kappa shape index (κ2) is 8.76. The van der Waals surface area contributed by atoms with Crippen molar-refractivity contribution in [3.05, 3.63) is 64.2 Å². The molecule has 0 aromatic heterocycles. The highest BCUT2D eigenvalue weighted by Gasteiger charge is 2.14. The highest BCUT2D eigenvalue weighted by Crippen LogP contribution is 2.30. The summed E-state index contributed by atoms with van der Waals surface area (Å²) in [5, 5.41) is 30.1. The lowest BCUT2D eigenvalue weighted by atomic mass is 10.1. The number of benzene rings is 2. The van der Waals surface area contributed by atoms with Gasteiger partial charge in [0.25, 0.3) is 5.69 Å². The molecule has 0 saturated carbocycles. The first kappa shape index (κ1) is 18.4. The zero-order chi connectivity index (χ0) is 18.2. The van der Waals surface area contributed by atoms with Crippen LogP contribution in [-0.2, 0) is 4.74 Å². The Bertz CT molecular complexity index is 733. The van der Waals surface area contributed by atoms with Crippen LogP contribution in [0, 0.1) is 10.1 Å². The number of hydrogen-bond donors (Lipinski definition) is 2. The summed E-state index contributed by atoms with van der Waals surface area (Å²) in [6.45, 7) is -0.606. The lowest BCUT2D eigenvalue weighted by Crippen LogP contribution is -2.25. The number of ether oxygens (including phenoxy) is 2. The number of hydrogen-bond acceptors (Lipinski definition) is 7. The average Bonchev–Trinajstić information content (AvgIpc) is 2.61. The zero-order valence-corrected chi connectivity index (χ0v) is 13.2. The van der Waals surface area contributed by atoms with Crippen LogP contribution in [0.1, 0.15) is 10.4 Å². The number of nitro benzene ring substituents is 1. The van der Waals surface area contributed by atoms with Gasteiger partial charge in [0.2, 0.25) is 0 Å². The number of phenolic OH excluding ortho intramolecular Hbond substituents is 1. The van der Waals surface area contributed by atoms with Crippen molar-refractivity contribution >= 4 is 11.5 Å². The van der Waals surface area contributed by atoms with E-state index in [0.717, 1.165) is 18.2 Å². The van der Waals surface area contributed by atoms with E-state index in [1.54, 1.807) is 30.3 Å². The third kappa shape index (κ3) is 5.55. The normalized spacial score (nSPS) is 11.7. The molecule has 0 spiro atoms. The summed E-state index contributed by atoms with van der Waals surface area (Å²) in [5.74, 6) is -0.614. The minimum Gasteiger partial charge on any atom is -0.504 e. The molecular weight excluding hydrogens is 330 g/mol. The molecule has 25 heavy (non-hydrogen) atoms. The van der Waals surface area contributed by atoms with Gasteiger partial charge in [0, 0.05) is 11.6 Å². The maximum absolute atomic E-state index is 11.8. The SMILES string of the molecule is O=C(COCC(O)COc1cc([N+](=O)[O-])ccc1O)c1ccccc1. The molecule has 1 atom stereocenters. The van der Waals surface area contributed by atoms with Gasteiger partial charge in [0.15, 0.2) is 17.3 Å². The molecule has 0 aliphatic rings. The van der Waals surface area contributed by atoms with E-state index in [9.17, 15) is 25.1 Å². The van der Waals surface area contributed by atoms with Gasteiger partial charge in [-0.1, -0.05) is 30.3 Å². The largest absolute Gasteiger partial charge is 0.504 e. The van der Waals surface area contributed by atoms with Crippen molar-refractivity contribution < 1.29 is 29.4 Å². The molecule has 0 fully saturated rings. The molecule has 0 aliphatic carbocycles. The second-order valence-corrected chi connectivity index (χ2v) is 5.18. The van der Waals surface area contributed by atoms with Crippen molar-refractivity contribution in [1.29, 1.82) is 0 Å². The number of non-ortho nitro benzene ring substituents is 1. The Labute approximate surface area is 143 Å². The number of aromatic hydroxyl groups is 1.